The van der Waals surface area contributed by atoms with E-state index in [0.717, 1.165) is 0 Å². The van der Waals surface area contributed by atoms with E-state index in [9.17, 15) is 14.7 Å². The highest BCUT2D eigenvalue weighted by molar-refractivity contribution is 6.76. The summed E-state index contributed by atoms with van der Waals surface area (Å²) in [6.45, 7) is 7.90. The molecule has 0 aromatic carbocycles. The highest BCUT2D eigenvalue weighted by atomic mass is 35.6. The minimum atomic E-state index is -2.03. The van der Waals surface area contributed by atoms with Gasteiger partial charge in [-0.05, 0) is 24.7 Å². The first-order chi connectivity index (χ1) is 9.93. The van der Waals surface area contributed by atoms with E-state index in [-0.39, 0.29) is 12.0 Å². The van der Waals surface area contributed by atoms with Crippen LogP contribution < -0.4 is 5.32 Å². The highest BCUT2D eigenvalue weighted by Crippen LogP contribution is 2.26. The van der Waals surface area contributed by atoms with E-state index in [4.69, 9.17) is 34.8 Å². The molecule has 0 aliphatic rings. The molecule has 0 aliphatic heterocycles. The Bertz CT molecular complexity index is 403. The number of carboxylic acids is 1. The van der Waals surface area contributed by atoms with Gasteiger partial charge < -0.3 is 10.4 Å². The molecule has 0 saturated carbocycles. The second-order valence-corrected chi connectivity index (χ2v) is 8.45. The lowest BCUT2D eigenvalue weighted by atomic mass is 9.95. The van der Waals surface area contributed by atoms with E-state index in [1.165, 1.54) is 0 Å². The Hall–Kier alpha value is -0.450. The fourth-order valence-electron chi connectivity index (χ4n) is 1.98. The molecule has 0 fully saturated rings. The van der Waals surface area contributed by atoms with Crippen LogP contribution in [0.15, 0.2) is 12.2 Å². The molecule has 0 aromatic heterocycles. The fraction of sp³-hybridized carbons (Fsp3) is 0.733. The van der Waals surface area contributed by atoms with Gasteiger partial charge in [0.2, 0.25) is 0 Å². The first-order valence-electron chi connectivity index (χ1n) is 7.22. The summed E-state index contributed by atoms with van der Waals surface area (Å²) >= 11 is 16.6. The summed E-state index contributed by atoms with van der Waals surface area (Å²) in [7, 11) is 0. The Morgan fingerprint density at radius 1 is 1.05 bits per heavy atom. The molecule has 0 heterocycles. The van der Waals surface area contributed by atoms with Crippen molar-refractivity contribution in [2.45, 2.75) is 50.4 Å². The smallest absolute Gasteiger partial charge is 0.310 e. The monoisotopic (exact) mass is 371 g/mol. The minimum Gasteiger partial charge on any atom is -0.481 e. The van der Waals surface area contributed by atoms with Crippen molar-refractivity contribution in [1.82, 2.24) is 5.32 Å². The first-order valence-corrected chi connectivity index (χ1v) is 8.35. The number of alkyl halides is 3. The zero-order valence-corrected chi connectivity index (χ0v) is 15.5. The van der Waals surface area contributed by atoms with Crippen molar-refractivity contribution >= 4 is 46.7 Å². The summed E-state index contributed by atoms with van der Waals surface area (Å²) in [5.74, 6) is -1.66. The molecule has 22 heavy (non-hydrogen) atoms. The molecule has 0 radical (unpaired) electrons. The lowest BCUT2D eigenvalue weighted by Gasteiger charge is -2.20. The molecule has 2 atom stereocenters. The van der Waals surface area contributed by atoms with Gasteiger partial charge in [-0.25, -0.2) is 0 Å². The lowest BCUT2D eigenvalue weighted by Crippen LogP contribution is -2.41. The van der Waals surface area contributed by atoms with Crippen LogP contribution in [0.1, 0.15) is 40.5 Å². The molecule has 0 aromatic rings. The molecule has 0 spiro atoms. The van der Waals surface area contributed by atoms with Crippen molar-refractivity contribution in [1.29, 1.82) is 0 Å². The van der Waals surface area contributed by atoms with E-state index < -0.39 is 21.6 Å². The van der Waals surface area contributed by atoms with Crippen LogP contribution in [0.4, 0.5) is 0 Å². The number of nitrogens with one attached hydrogen (secondary N) is 1. The number of carbonyl (C=O) groups is 2. The Morgan fingerprint density at radius 3 is 1.91 bits per heavy atom. The Balaban J connectivity index is 4.99. The number of halogens is 3. The summed E-state index contributed by atoms with van der Waals surface area (Å²) in [4.78, 5) is 23.0. The zero-order valence-electron chi connectivity index (χ0n) is 13.3. The number of carboxylic acid groups (broad SMARTS) is 1. The van der Waals surface area contributed by atoms with Gasteiger partial charge in [0.15, 0.2) is 0 Å². The van der Waals surface area contributed by atoms with Crippen LogP contribution >= 0.6 is 34.8 Å². The van der Waals surface area contributed by atoms with Crippen LogP contribution in [-0.4, -0.2) is 26.8 Å². The Labute approximate surface area is 147 Å². The first kappa shape index (κ1) is 21.6. The summed E-state index contributed by atoms with van der Waals surface area (Å²) in [6, 6.07) is -0.378. The van der Waals surface area contributed by atoms with Crippen LogP contribution in [0, 0.1) is 17.8 Å². The van der Waals surface area contributed by atoms with Gasteiger partial charge >= 0.3 is 5.97 Å². The van der Waals surface area contributed by atoms with Gasteiger partial charge in [0.05, 0.1) is 5.92 Å². The number of rotatable bonds is 8. The van der Waals surface area contributed by atoms with Gasteiger partial charge in [-0.3, -0.25) is 9.59 Å². The van der Waals surface area contributed by atoms with Crippen LogP contribution in [0.3, 0.4) is 0 Å². The number of hydrogen-bond donors (Lipinski definition) is 2. The zero-order chi connectivity index (χ0) is 17.5. The molecule has 1 amide bonds. The normalized spacial score (nSPS) is 15.3. The van der Waals surface area contributed by atoms with Crippen LogP contribution in [0.5, 0.6) is 0 Å². The molecule has 0 unspecified atom stereocenters. The quantitative estimate of drug-likeness (QED) is 0.496. The molecule has 0 aliphatic carbocycles. The third kappa shape index (κ3) is 9.54. The Kier molecular flexibility index (Phi) is 9.44. The van der Waals surface area contributed by atoms with E-state index in [1.54, 1.807) is 12.2 Å². The van der Waals surface area contributed by atoms with E-state index >= 15 is 0 Å². The molecule has 0 bridgehead atoms. The average Bonchev–Trinajstić information content (AvgIpc) is 2.31. The topological polar surface area (TPSA) is 66.4 Å². The van der Waals surface area contributed by atoms with Crippen LogP contribution in [-0.2, 0) is 9.59 Å². The number of amides is 1. The maximum Gasteiger partial charge on any atom is 0.310 e. The van der Waals surface area contributed by atoms with Gasteiger partial charge in [-0.2, -0.15) is 0 Å². The van der Waals surface area contributed by atoms with Gasteiger partial charge in [0.1, 0.15) is 0 Å². The molecule has 4 nitrogen and oxygen atoms in total. The number of carbonyl (C=O) groups excluding carboxylic acids is 1. The van der Waals surface area contributed by atoms with Crippen molar-refractivity contribution in [2.75, 3.05) is 0 Å². The second-order valence-electron chi connectivity index (χ2n) is 6.17. The highest BCUT2D eigenvalue weighted by Gasteiger charge is 2.32. The van der Waals surface area contributed by atoms with Crippen molar-refractivity contribution in [3.05, 3.63) is 12.2 Å². The van der Waals surface area contributed by atoms with Crippen LogP contribution in [0.25, 0.3) is 0 Å². The van der Waals surface area contributed by atoms with Crippen LogP contribution in [0.2, 0.25) is 0 Å². The minimum absolute atomic E-state index is 0.255. The maximum atomic E-state index is 11.8. The molecule has 7 heteroatoms. The van der Waals surface area contributed by atoms with E-state index in [1.807, 2.05) is 27.7 Å². The van der Waals surface area contributed by atoms with Gasteiger partial charge in [0, 0.05) is 6.04 Å². The Morgan fingerprint density at radius 2 is 1.55 bits per heavy atom. The average molecular weight is 373 g/mol. The molecule has 2 N–H and O–H groups in total. The summed E-state index contributed by atoms with van der Waals surface area (Å²) in [6.07, 6.45) is 4.43. The predicted octanol–water partition coefficient (Wildman–Crippen LogP) is 4.19. The second kappa shape index (κ2) is 9.64. The molecule has 128 valence electrons. The third-order valence-corrected chi connectivity index (χ3v) is 3.43. The predicted molar refractivity (Wildman–Crippen MR) is 91.4 cm³/mol. The third-order valence-electron chi connectivity index (χ3n) is 2.92. The SMILES string of the molecule is CC(C)C[C@@H](/C=C/[C@@H](CC(C)C)NC(=O)C(Cl)(Cl)Cl)C(=O)O. The molecular weight excluding hydrogens is 349 g/mol. The lowest BCUT2D eigenvalue weighted by molar-refractivity contribution is -0.140. The molecular formula is C15H24Cl3NO3. The summed E-state index contributed by atoms with van der Waals surface area (Å²) in [5.41, 5.74) is 0. The van der Waals surface area contributed by atoms with Gasteiger partial charge in [0.25, 0.3) is 9.70 Å². The number of aliphatic carboxylic acids is 1. The van der Waals surface area contributed by atoms with Crippen molar-refractivity contribution in [3.8, 4) is 0 Å². The summed E-state index contributed by atoms with van der Waals surface area (Å²) in [5, 5.41) is 11.8. The van der Waals surface area contributed by atoms with Gasteiger partial charge in [-0.15, -0.1) is 0 Å². The standard InChI is InChI=1S/C15H24Cl3NO3/c1-9(2)7-11(13(20)21)5-6-12(8-10(3)4)19-14(22)15(16,17)18/h5-6,9-12H,7-8H2,1-4H3,(H,19,22)(H,20,21)/b6-5+/t11-,12+/m1/s1. The number of hydrogen-bond acceptors (Lipinski definition) is 2. The van der Waals surface area contributed by atoms with Crippen molar-refractivity contribution < 1.29 is 14.7 Å². The van der Waals surface area contributed by atoms with E-state index in [2.05, 4.69) is 5.32 Å². The fourth-order valence-corrected chi connectivity index (χ4v) is 2.15. The largest absolute Gasteiger partial charge is 0.481 e. The maximum absolute atomic E-state index is 11.8. The summed E-state index contributed by atoms with van der Waals surface area (Å²) < 4.78 is -2.03. The van der Waals surface area contributed by atoms with Crippen molar-refractivity contribution in [2.24, 2.45) is 17.8 Å². The van der Waals surface area contributed by atoms with Gasteiger partial charge in [-0.1, -0.05) is 74.6 Å². The molecule has 0 rings (SSSR count). The molecule has 0 saturated heterocycles. The van der Waals surface area contributed by atoms with E-state index in [0.29, 0.717) is 18.8 Å². The van der Waals surface area contributed by atoms with Crippen molar-refractivity contribution in [3.63, 3.8) is 0 Å².